The summed E-state index contributed by atoms with van der Waals surface area (Å²) in [5.74, 6) is 1.91. The van der Waals surface area contributed by atoms with Crippen molar-refractivity contribution >= 4 is 45.6 Å². The number of nitrogens with zero attached hydrogens (tertiary/aromatic N) is 3. The highest BCUT2D eigenvalue weighted by atomic mass is 32.1. The Kier molecular flexibility index (Phi) is 6.26. The molecule has 33 heavy (non-hydrogen) atoms. The Morgan fingerprint density at radius 2 is 1.91 bits per heavy atom. The van der Waals surface area contributed by atoms with Crippen molar-refractivity contribution in [1.82, 2.24) is 20.4 Å². The number of hydrogen-bond donors (Lipinski definition) is 1. The second-order valence-corrected chi connectivity index (χ2v) is 9.82. The molecule has 0 amide bonds. The van der Waals surface area contributed by atoms with E-state index in [4.69, 9.17) is 26.5 Å². The molecular formula is C24H22N4O2S3. The molecule has 5 rings (SSSR count). The first-order valence-corrected chi connectivity index (χ1v) is 12.7. The van der Waals surface area contributed by atoms with E-state index in [2.05, 4.69) is 39.8 Å². The van der Waals surface area contributed by atoms with E-state index in [0.29, 0.717) is 30.0 Å². The van der Waals surface area contributed by atoms with Crippen LogP contribution >= 0.6 is 34.9 Å². The predicted octanol–water partition coefficient (Wildman–Crippen LogP) is 6.12. The summed E-state index contributed by atoms with van der Waals surface area (Å²) in [7, 11) is 0. The molecule has 1 atom stereocenters. The number of allylic oxidation sites excluding steroid dienone is 1. The molecule has 9 heteroatoms. The molecule has 1 aliphatic heterocycles. The van der Waals surface area contributed by atoms with Crippen LogP contribution in [0.3, 0.4) is 0 Å². The van der Waals surface area contributed by atoms with Gasteiger partial charge < -0.3 is 19.5 Å². The van der Waals surface area contributed by atoms with Crippen molar-refractivity contribution in [2.75, 3.05) is 6.61 Å². The lowest BCUT2D eigenvalue weighted by molar-refractivity contribution is 0.340. The molecule has 6 nitrogen and oxygen atoms in total. The van der Waals surface area contributed by atoms with Crippen molar-refractivity contribution in [2.45, 2.75) is 26.4 Å². The molecule has 1 N–H and O–H groups in total. The third kappa shape index (κ3) is 4.44. The summed E-state index contributed by atoms with van der Waals surface area (Å²) in [6.07, 6.45) is 0. The Morgan fingerprint density at radius 3 is 2.61 bits per heavy atom. The maximum Gasteiger partial charge on any atom is 0.258 e. The monoisotopic (exact) mass is 494 g/mol. The maximum atomic E-state index is 5.79. The molecule has 4 aromatic rings. The quantitative estimate of drug-likeness (QED) is 0.311. The SMILES string of the molecule is CCOc1ccc(C2NC(=S)N(Cc3cccs3)C(C)=C2c2nc(-c3cccs3)no2)cc1. The van der Waals surface area contributed by atoms with E-state index in [1.165, 1.54) is 4.88 Å². The smallest absolute Gasteiger partial charge is 0.258 e. The van der Waals surface area contributed by atoms with Gasteiger partial charge in [0, 0.05) is 10.6 Å². The predicted molar refractivity (Wildman–Crippen MR) is 136 cm³/mol. The van der Waals surface area contributed by atoms with Gasteiger partial charge in [0.1, 0.15) is 5.75 Å². The number of hydrogen-bond acceptors (Lipinski definition) is 7. The van der Waals surface area contributed by atoms with Crippen molar-refractivity contribution < 1.29 is 9.26 Å². The topological polar surface area (TPSA) is 63.4 Å². The Hall–Kier alpha value is -3.01. The molecule has 1 aromatic carbocycles. The lowest BCUT2D eigenvalue weighted by Gasteiger charge is -2.37. The highest BCUT2D eigenvalue weighted by Gasteiger charge is 2.34. The summed E-state index contributed by atoms with van der Waals surface area (Å²) < 4.78 is 11.4. The fraction of sp³-hybridized carbons (Fsp3) is 0.208. The number of thiocarbonyl (C=S) groups is 1. The maximum absolute atomic E-state index is 5.79. The Balaban J connectivity index is 1.57. The van der Waals surface area contributed by atoms with Gasteiger partial charge in [0.25, 0.3) is 5.89 Å². The minimum absolute atomic E-state index is 0.218. The fourth-order valence-corrected chi connectivity index (χ4v) is 5.48. The third-order valence-corrected chi connectivity index (χ3v) is 7.48. The number of benzene rings is 1. The van der Waals surface area contributed by atoms with Gasteiger partial charge in [-0.2, -0.15) is 4.98 Å². The van der Waals surface area contributed by atoms with Gasteiger partial charge in [0.05, 0.1) is 29.6 Å². The molecule has 1 unspecified atom stereocenters. The largest absolute Gasteiger partial charge is 0.494 e. The lowest BCUT2D eigenvalue weighted by Crippen LogP contribution is -2.45. The molecule has 4 heterocycles. The zero-order chi connectivity index (χ0) is 22.8. The highest BCUT2D eigenvalue weighted by molar-refractivity contribution is 7.80. The van der Waals surface area contributed by atoms with Crippen molar-refractivity contribution in [3.8, 4) is 16.5 Å². The van der Waals surface area contributed by atoms with Gasteiger partial charge in [0.2, 0.25) is 5.82 Å². The molecule has 0 saturated carbocycles. The number of aromatic nitrogens is 2. The van der Waals surface area contributed by atoms with Crippen LogP contribution in [0, 0.1) is 0 Å². The average Bonchev–Trinajstić information content (AvgIpc) is 3.60. The summed E-state index contributed by atoms with van der Waals surface area (Å²) in [6, 6.07) is 15.9. The number of ether oxygens (including phenoxy) is 1. The average molecular weight is 495 g/mol. The fourth-order valence-electron chi connectivity index (χ4n) is 3.82. The molecule has 0 bridgehead atoms. The lowest BCUT2D eigenvalue weighted by atomic mass is 9.94. The third-order valence-electron chi connectivity index (χ3n) is 5.41. The van der Waals surface area contributed by atoms with Crippen molar-refractivity contribution in [3.63, 3.8) is 0 Å². The van der Waals surface area contributed by atoms with E-state index in [1.807, 2.05) is 48.7 Å². The first-order chi connectivity index (χ1) is 16.1. The van der Waals surface area contributed by atoms with Gasteiger partial charge in [-0.1, -0.05) is 29.4 Å². The molecule has 0 aliphatic carbocycles. The van der Waals surface area contributed by atoms with E-state index in [0.717, 1.165) is 27.5 Å². The van der Waals surface area contributed by atoms with Crippen LogP contribution in [0.5, 0.6) is 5.75 Å². The zero-order valence-electron chi connectivity index (χ0n) is 18.1. The second kappa shape index (κ2) is 9.46. The second-order valence-electron chi connectivity index (χ2n) is 7.45. The van der Waals surface area contributed by atoms with Crippen LogP contribution in [0.25, 0.3) is 16.3 Å². The van der Waals surface area contributed by atoms with E-state index < -0.39 is 0 Å². The van der Waals surface area contributed by atoms with Crippen LogP contribution in [0.2, 0.25) is 0 Å². The molecule has 168 valence electrons. The normalized spacial score (nSPS) is 16.2. The van der Waals surface area contributed by atoms with Crippen LogP contribution in [-0.4, -0.2) is 26.8 Å². The van der Waals surface area contributed by atoms with Crippen molar-refractivity contribution in [2.24, 2.45) is 0 Å². The van der Waals surface area contributed by atoms with Gasteiger partial charge in [-0.25, -0.2) is 0 Å². The van der Waals surface area contributed by atoms with Crippen LogP contribution in [-0.2, 0) is 6.54 Å². The van der Waals surface area contributed by atoms with E-state index in [1.54, 1.807) is 22.7 Å². The van der Waals surface area contributed by atoms with Crippen LogP contribution in [0.15, 0.2) is 69.5 Å². The van der Waals surface area contributed by atoms with Crippen LogP contribution < -0.4 is 10.1 Å². The van der Waals surface area contributed by atoms with E-state index in [-0.39, 0.29) is 6.04 Å². The Labute approximate surface area is 205 Å². The summed E-state index contributed by atoms with van der Waals surface area (Å²) >= 11 is 9.08. The van der Waals surface area contributed by atoms with Crippen LogP contribution in [0.4, 0.5) is 0 Å². The standard InChI is InChI=1S/C24H22N4O2S3/c1-3-29-17-10-8-16(9-11-17)21-20(23-26-22(27-30-23)19-7-5-13-33-19)15(2)28(24(31)25-21)14-18-6-4-12-32-18/h4-13,21H,3,14H2,1-2H3,(H,25,31). The zero-order valence-corrected chi connectivity index (χ0v) is 20.6. The van der Waals surface area contributed by atoms with Gasteiger partial charge >= 0.3 is 0 Å². The molecule has 0 saturated heterocycles. The molecule has 0 radical (unpaired) electrons. The van der Waals surface area contributed by atoms with Crippen molar-refractivity contribution in [3.05, 3.63) is 81.3 Å². The van der Waals surface area contributed by atoms with Crippen molar-refractivity contribution in [1.29, 1.82) is 0 Å². The molecule has 0 fully saturated rings. The van der Waals surface area contributed by atoms with E-state index in [9.17, 15) is 0 Å². The minimum atomic E-state index is -0.218. The molecule has 0 spiro atoms. The van der Waals surface area contributed by atoms with Gasteiger partial charge in [0.15, 0.2) is 5.11 Å². The highest BCUT2D eigenvalue weighted by Crippen LogP contribution is 2.38. The Morgan fingerprint density at radius 1 is 1.12 bits per heavy atom. The summed E-state index contributed by atoms with van der Waals surface area (Å²) in [6.45, 7) is 5.34. The minimum Gasteiger partial charge on any atom is -0.494 e. The summed E-state index contributed by atoms with van der Waals surface area (Å²) in [4.78, 5) is 9.04. The molecule has 3 aromatic heterocycles. The summed E-state index contributed by atoms with van der Waals surface area (Å²) in [5, 5.41) is 12.5. The van der Waals surface area contributed by atoms with Gasteiger partial charge in [-0.3, -0.25) is 0 Å². The van der Waals surface area contributed by atoms with E-state index >= 15 is 0 Å². The van der Waals surface area contributed by atoms with Crippen LogP contribution in [0.1, 0.15) is 36.2 Å². The first kappa shape index (κ1) is 21.8. The van der Waals surface area contributed by atoms with Gasteiger partial charge in [-0.05, 0) is 66.7 Å². The van der Waals surface area contributed by atoms with Gasteiger partial charge in [-0.15, -0.1) is 22.7 Å². The number of rotatable bonds is 7. The first-order valence-electron chi connectivity index (χ1n) is 10.6. The number of nitrogens with one attached hydrogen (secondary N) is 1. The molecule has 1 aliphatic rings. The molecular weight excluding hydrogens is 472 g/mol. The number of thiophene rings is 2. The summed E-state index contributed by atoms with van der Waals surface area (Å²) in [5.41, 5.74) is 2.95. The Bertz CT molecular complexity index is 1260.